The minimum Gasteiger partial charge on any atom is -0.496 e. The van der Waals surface area contributed by atoms with Crippen molar-refractivity contribution >= 4 is 17.2 Å². The summed E-state index contributed by atoms with van der Waals surface area (Å²) in [5.41, 5.74) is 2.19. The van der Waals surface area contributed by atoms with Crippen LogP contribution in [0, 0.1) is 0 Å². The lowest BCUT2D eigenvalue weighted by Gasteiger charge is -2.35. The molecule has 26 heavy (non-hydrogen) atoms. The van der Waals surface area contributed by atoms with E-state index in [-0.39, 0.29) is 0 Å². The fourth-order valence-corrected chi connectivity index (χ4v) is 4.07. The molecule has 0 bridgehead atoms. The Bertz CT molecular complexity index is 844. The highest BCUT2D eigenvalue weighted by Crippen LogP contribution is 2.32. The lowest BCUT2D eigenvalue weighted by Crippen LogP contribution is -2.46. The second kappa shape index (κ2) is 7.85. The van der Waals surface area contributed by atoms with Crippen LogP contribution in [0.3, 0.4) is 0 Å². The molecule has 2 aromatic heterocycles. The summed E-state index contributed by atoms with van der Waals surface area (Å²) in [4.78, 5) is 14.1. The Kier molecular flexibility index (Phi) is 5.13. The maximum absolute atomic E-state index is 5.46. The highest BCUT2D eigenvalue weighted by atomic mass is 32.1. The average molecular weight is 366 g/mol. The predicted molar refractivity (Wildman–Crippen MR) is 106 cm³/mol. The first kappa shape index (κ1) is 17.0. The summed E-state index contributed by atoms with van der Waals surface area (Å²) in [6, 6.07) is 14.1. The van der Waals surface area contributed by atoms with E-state index in [1.807, 2.05) is 36.5 Å². The summed E-state index contributed by atoms with van der Waals surface area (Å²) in [5, 5.41) is 3.18. The van der Waals surface area contributed by atoms with Crippen LogP contribution in [-0.2, 0) is 6.54 Å². The number of hydrogen-bond acceptors (Lipinski definition) is 6. The number of pyridine rings is 1. The maximum Gasteiger partial charge on any atom is 0.129 e. The third kappa shape index (κ3) is 3.71. The van der Waals surface area contributed by atoms with Gasteiger partial charge >= 0.3 is 0 Å². The van der Waals surface area contributed by atoms with Gasteiger partial charge in [0.25, 0.3) is 0 Å². The molecule has 0 unspecified atom stereocenters. The minimum atomic E-state index is 0.873. The third-order valence-corrected chi connectivity index (χ3v) is 5.54. The van der Waals surface area contributed by atoms with Crippen molar-refractivity contribution in [3.05, 3.63) is 59.7 Å². The molecule has 1 saturated heterocycles. The Labute approximate surface area is 157 Å². The number of para-hydroxylation sites is 1. The van der Waals surface area contributed by atoms with Crippen LogP contribution in [0.1, 0.15) is 5.69 Å². The predicted octanol–water partition coefficient (Wildman–Crippen LogP) is 3.54. The molecule has 3 heterocycles. The van der Waals surface area contributed by atoms with E-state index in [2.05, 4.69) is 32.3 Å². The first-order chi connectivity index (χ1) is 12.8. The van der Waals surface area contributed by atoms with Crippen molar-refractivity contribution in [1.82, 2.24) is 14.9 Å². The van der Waals surface area contributed by atoms with Crippen LogP contribution in [0.4, 0.5) is 5.82 Å². The number of anilines is 1. The first-order valence-corrected chi connectivity index (χ1v) is 9.67. The molecule has 1 aromatic carbocycles. The molecule has 0 radical (unpaired) electrons. The topological polar surface area (TPSA) is 41.5 Å². The number of piperazine rings is 1. The summed E-state index contributed by atoms with van der Waals surface area (Å²) < 4.78 is 5.46. The van der Waals surface area contributed by atoms with Gasteiger partial charge in [-0.25, -0.2) is 9.97 Å². The van der Waals surface area contributed by atoms with Crippen LogP contribution >= 0.6 is 11.3 Å². The Morgan fingerprint density at radius 1 is 1.04 bits per heavy atom. The third-order valence-electron chi connectivity index (χ3n) is 4.62. The number of rotatable bonds is 5. The summed E-state index contributed by atoms with van der Waals surface area (Å²) in [5.74, 6) is 1.94. The first-order valence-electron chi connectivity index (χ1n) is 8.79. The van der Waals surface area contributed by atoms with Crippen LogP contribution in [0.5, 0.6) is 5.75 Å². The maximum atomic E-state index is 5.46. The molecule has 134 valence electrons. The van der Waals surface area contributed by atoms with Crippen LogP contribution in [-0.4, -0.2) is 48.2 Å². The standard InChI is InChI=1S/C20H22N4OS/c1-25-18-7-3-2-6-17(18)20-22-16(15-26-20)14-23-10-12-24(13-11-23)19-8-4-5-9-21-19/h2-9,15H,10-14H2,1H3. The summed E-state index contributed by atoms with van der Waals surface area (Å²) in [7, 11) is 1.70. The van der Waals surface area contributed by atoms with Crippen LogP contribution < -0.4 is 9.64 Å². The molecule has 0 saturated carbocycles. The van der Waals surface area contributed by atoms with Gasteiger partial charge in [-0.05, 0) is 24.3 Å². The van der Waals surface area contributed by atoms with Crippen LogP contribution in [0.25, 0.3) is 10.6 Å². The molecule has 3 aromatic rings. The number of ether oxygens (including phenoxy) is 1. The van der Waals surface area contributed by atoms with E-state index in [1.54, 1.807) is 18.4 Å². The van der Waals surface area contributed by atoms with E-state index >= 15 is 0 Å². The van der Waals surface area contributed by atoms with Gasteiger partial charge in [0.05, 0.1) is 18.4 Å². The minimum absolute atomic E-state index is 0.873. The molecule has 0 spiro atoms. The van der Waals surface area contributed by atoms with Crippen LogP contribution in [0.15, 0.2) is 54.0 Å². The molecular formula is C20H22N4OS. The fourth-order valence-electron chi connectivity index (χ4n) is 3.23. The molecular weight excluding hydrogens is 344 g/mol. The number of aromatic nitrogens is 2. The SMILES string of the molecule is COc1ccccc1-c1nc(CN2CCN(c3ccccn3)CC2)cs1. The van der Waals surface area contributed by atoms with Gasteiger partial charge in [0.2, 0.25) is 0 Å². The molecule has 4 rings (SSSR count). The van der Waals surface area contributed by atoms with Crippen molar-refractivity contribution in [3.63, 3.8) is 0 Å². The van der Waals surface area contributed by atoms with Gasteiger partial charge in [0, 0.05) is 44.3 Å². The Hall–Kier alpha value is -2.44. The van der Waals surface area contributed by atoms with Crippen LogP contribution in [0.2, 0.25) is 0 Å². The van der Waals surface area contributed by atoms with Gasteiger partial charge in [-0.3, -0.25) is 4.90 Å². The van der Waals surface area contributed by atoms with E-state index in [4.69, 9.17) is 9.72 Å². The zero-order valence-corrected chi connectivity index (χ0v) is 15.7. The largest absolute Gasteiger partial charge is 0.496 e. The highest BCUT2D eigenvalue weighted by molar-refractivity contribution is 7.13. The molecule has 0 amide bonds. The number of methoxy groups -OCH3 is 1. The van der Waals surface area contributed by atoms with Crippen molar-refractivity contribution in [1.29, 1.82) is 0 Å². The zero-order valence-electron chi connectivity index (χ0n) is 14.8. The van der Waals surface area contributed by atoms with Gasteiger partial charge < -0.3 is 9.64 Å². The smallest absolute Gasteiger partial charge is 0.129 e. The Morgan fingerprint density at radius 3 is 2.62 bits per heavy atom. The zero-order chi connectivity index (χ0) is 17.8. The van der Waals surface area contributed by atoms with Crippen molar-refractivity contribution < 1.29 is 4.74 Å². The van der Waals surface area contributed by atoms with Crippen molar-refractivity contribution in [2.75, 3.05) is 38.2 Å². The lowest BCUT2D eigenvalue weighted by atomic mass is 10.2. The average Bonchev–Trinajstić information content (AvgIpc) is 3.17. The monoisotopic (exact) mass is 366 g/mol. The number of thiazole rings is 1. The van der Waals surface area contributed by atoms with E-state index in [0.717, 1.165) is 60.6 Å². The molecule has 1 aliphatic rings. The molecule has 0 atom stereocenters. The lowest BCUT2D eigenvalue weighted by molar-refractivity contribution is 0.247. The quantitative estimate of drug-likeness (QED) is 0.691. The highest BCUT2D eigenvalue weighted by Gasteiger charge is 2.19. The van der Waals surface area contributed by atoms with Gasteiger partial charge in [-0.1, -0.05) is 18.2 Å². The fraction of sp³-hybridized carbons (Fsp3) is 0.300. The van der Waals surface area contributed by atoms with Gasteiger partial charge in [0.1, 0.15) is 16.6 Å². The summed E-state index contributed by atoms with van der Waals surface area (Å²) in [6.07, 6.45) is 1.86. The van der Waals surface area contributed by atoms with Gasteiger partial charge in [-0.15, -0.1) is 11.3 Å². The van der Waals surface area contributed by atoms with E-state index in [1.165, 1.54) is 0 Å². The van der Waals surface area contributed by atoms with Crippen molar-refractivity contribution in [3.8, 4) is 16.3 Å². The summed E-state index contributed by atoms with van der Waals surface area (Å²) in [6.45, 7) is 4.94. The van der Waals surface area contributed by atoms with Gasteiger partial charge in [-0.2, -0.15) is 0 Å². The number of nitrogens with zero attached hydrogens (tertiary/aromatic N) is 4. The molecule has 0 aliphatic carbocycles. The second-order valence-corrected chi connectivity index (χ2v) is 7.15. The van der Waals surface area contributed by atoms with Crippen molar-refractivity contribution in [2.24, 2.45) is 0 Å². The van der Waals surface area contributed by atoms with Gasteiger partial charge in [0.15, 0.2) is 0 Å². The molecule has 0 N–H and O–H groups in total. The van der Waals surface area contributed by atoms with Crippen molar-refractivity contribution in [2.45, 2.75) is 6.54 Å². The van der Waals surface area contributed by atoms with E-state index in [0.29, 0.717) is 0 Å². The summed E-state index contributed by atoms with van der Waals surface area (Å²) >= 11 is 1.68. The Balaban J connectivity index is 1.38. The molecule has 1 aliphatic heterocycles. The Morgan fingerprint density at radius 2 is 1.85 bits per heavy atom. The second-order valence-electron chi connectivity index (χ2n) is 6.30. The number of benzene rings is 1. The molecule has 6 heteroatoms. The number of hydrogen-bond donors (Lipinski definition) is 0. The molecule has 1 fully saturated rings. The molecule has 5 nitrogen and oxygen atoms in total. The van der Waals surface area contributed by atoms with E-state index < -0.39 is 0 Å². The van der Waals surface area contributed by atoms with E-state index in [9.17, 15) is 0 Å². The normalized spacial score (nSPS) is 15.2.